The van der Waals surface area contributed by atoms with Gasteiger partial charge in [-0.15, -0.1) is 23.1 Å². The molecule has 0 atom stereocenters. The topological polar surface area (TPSA) is 59.4 Å². The molecule has 0 saturated carbocycles. The molecule has 4 nitrogen and oxygen atoms in total. The molecule has 1 aromatic carbocycles. The van der Waals surface area contributed by atoms with Crippen molar-refractivity contribution in [3.8, 4) is 0 Å². The number of hydrogen-bond donors (Lipinski definition) is 1. The van der Waals surface area contributed by atoms with Gasteiger partial charge in [0.15, 0.2) is 0 Å². The second-order valence-corrected chi connectivity index (χ2v) is 6.35. The molecule has 2 rings (SSSR count). The van der Waals surface area contributed by atoms with Gasteiger partial charge in [0.05, 0.1) is 23.1 Å². The van der Waals surface area contributed by atoms with E-state index in [1.54, 1.807) is 0 Å². The summed E-state index contributed by atoms with van der Waals surface area (Å²) < 4.78 is 4.97. The van der Waals surface area contributed by atoms with Crippen molar-refractivity contribution < 1.29 is 14.6 Å². The first-order valence-electron chi connectivity index (χ1n) is 5.70. The summed E-state index contributed by atoms with van der Waals surface area (Å²) in [5, 5.41) is 10.6. The van der Waals surface area contributed by atoms with Crippen molar-refractivity contribution >= 4 is 40.7 Å². The number of aromatic carboxylic acids is 1. The first-order valence-corrected chi connectivity index (χ1v) is 7.88. The number of carboxylic acids is 1. The van der Waals surface area contributed by atoms with Gasteiger partial charge in [-0.05, 0) is 12.1 Å². The average molecular weight is 330 g/mol. The van der Waals surface area contributed by atoms with Gasteiger partial charge in [0.2, 0.25) is 0 Å². The average Bonchev–Trinajstić information content (AvgIpc) is 2.82. The van der Waals surface area contributed by atoms with Gasteiger partial charge in [0, 0.05) is 12.0 Å². The normalized spacial score (nSPS) is 10.7. The number of carboxylic acid groups (broad SMARTS) is 1. The molecule has 0 amide bonds. The van der Waals surface area contributed by atoms with E-state index in [0.717, 1.165) is 9.90 Å². The molecule has 1 N–H and O–H groups in total. The van der Waals surface area contributed by atoms with Crippen molar-refractivity contribution in [3.63, 3.8) is 0 Å². The summed E-state index contributed by atoms with van der Waals surface area (Å²) in [5.74, 6) is -0.387. The van der Waals surface area contributed by atoms with E-state index < -0.39 is 5.97 Å². The summed E-state index contributed by atoms with van der Waals surface area (Å²) in [5.41, 5.74) is 0.472. The molecule has 0 aliphatic heterocycles. The molecule has 0 aliphatic carbocycles. The second kappa shape index (κ2) is 7.08. The van der Waals surface area contributed by atoms with E-state index in [4.69, 9.17) is 21.4 Å². The molecule has 0 radical (unpaired) electrons. The van der Waals surface area contributed by atoms with Crippen LogP contribution >= 0.6 is 34.7 Å². The van der Waals surface area contributed by atoms with Crippen molar-refractivity contribution in [2.45, 2.75) is 17.3 Å². The van der Waals surface area contributed by atoms with Crippen molar-refractivity contribution in [2.75, 3.05) is 7.11 Å². The Balaban J connectivity index is 2.12. The largest absolute Gasteiger partial charge is 0.477 e. The van der Waals surface area contributed by atoms with Crippen molar-refractivity contribution in [3.05, 3.63) is 44.9 Å². The van der Waals surface area contributed by atoms with Crippen LogP contribution in [0.5, 0.6) is 0 Å². The molecule has 1 aromatic heterocycles. The van der Waals surface area contributed by atoms with Gasteiger partial charge in [-0.3, -0.25) is 0 Å². The maximum absolute atomic E-state index is 11.1. The minimum Gasteiger partial charge on any atom is -0.477 e. The standard InChI is InChI=1S/C13H12ClNO3S2/c1-18-6-9-12(13(16)17)20-11(15-9)7-19-10-5-3-2-4-8(10)14/h2-5H,6-7H2,1H3,(H,16,17). The van der Waals surface area contributed by atoms with E-state index in [1.807, 2.05) is 24.3 Å². The molecule has 0 aliphatic rings. The Bertz CT molecular complexity index is 615. The van der Waals surface area contributed by atoms with E-state index in [2.05, 4.69) is 4.98 Å². The molecule has 2 aromatic rings. The Kier molecular flexibility index (Phi) is 5.42. The number of benzene rings is 1. The molecular formula is C13H12ClNO3S2. The zero-order valence-electron chi connectivity index (χ0n) is 10.6. The third kappa shape index (κ3) is 3.73. The number of nitrogens with zero attached hydrogens (tertiary/aromatic N) is 1. The van der Waals surface area contributed by atoms with E-state index in [-0.39, 0.29) is 11.5 Å². The Labute approximate surface area is 129 Å². The van der Waals surface area contributed by atoms with Gasteiger partial charge in [-0.1, -0.05) is 23.7 Å². The van der Waals surface area contributed by atoms with Crippen molar-refractivity contribution in [1.29, 1.82) is 0 Å². The molecule has 0 unspecified atom stereocenters. The van der Waals surface area contributed by atoms with E-state index >= 15 is 0 Å². The van der Waals surface area contributed by atoms with Crippen LogP contribution in [0, 0.1) is 0 Å². The van der Waals surface area contributed by atoms with Gasteiger partial charge in [-0.2, -0.15) is 0 Å². The van der Waals surface area contributed by atoms with Gasteiger partial charge < -0.3 is 9.84 Å². The minimum absolute atomic E-state index is 0.203. The lowest BCUT2D eigenvalue weighted by atomic mass is 10.4. The first kappa shape index (κ1) is 15.3. The lowest BCUT2D eigenvalue weighted by Crippen LogP contribution is -1.99. The molecule has 0 spiro atoms. The summed E-state index contributed by atoms with van der Waals surface area (Å²) in [4.78, 5) is 16.6. The first-order chi connectivity index (χ1) is 9.61. The maximum Gasteiger partial charge on any atom is 0.347 e. The van der Waals surface area contributed by atoms with Crippen LogP contribution < -0.4 is 0 Å². The smallest absolute Gasteiger partial charge is 0.347 e. The number of methoxy groups -OCH3 is 1. The summed E-state index contributed by atoms with van der Waals surface area (Å²) in [7, 11) is 1.52. The number of ether oxygens (including phenoxy) is 1. The Morgan fingerprint density at radius 1 is 1.50 bits per heavy atom. The molecule has 20 heavy (non-hydrogen) atoms. The monoisotopic (exact) mass is 329 g/mol. The van der Waals surface area contributed by atoms with Crippen molar-refractivity contribution in [1.82, 2.24) is 4.98 Å². The molecule has 106 valence electrons. The number of rotatable bonds is 6. The van der Waals surface area contributed by atoms with E-state index in [9.17, 15) is 4.79 Å². The highest BCUT2D eigenvalue weighted by Gasteiger charge is 2.17. The second-order valence-electron chi connectivity index (χ2n) is 3.84. The lowest BCUT2D eigenvalue weighted by Gasteiger charge is -2.01. The van der Waals surface area contributed by atoms with Gasteiger partial charge in [0.1, 0.15) is 9.88 Å². The van der Waals surface area contributed by atoms with Gasteiger partial charge >= 0.3 is 5.97 Å². The molecule has 0 saturated heterocycles. The van der Waals surface area contributed by atoms with Crippen LogP contribution in [-0.2, 0) is 17.1 Å². The maximum atomic E-state index is 11.1. The predicted octanol–water partition coefficient (Wildman–Crippen LogP) is 3.93. The quantitative estimate of drug-likeness (QED) is 0.813. The highest BCUT2D eigenvalue weighted by molar-refractivity contribution is 7.98. The van der Waals surface area contributed by atoms with Gasteiger partial charge in [-0.25, -0.2) is 9.78 Å². The Morgan fingerprint density at radius 2 is 2.25 bits per heavy atom. The number of carbonyl (C=O) groups is 1. The fourth-order valence-electron chi connectivity index (χ4n) is 1.57. The van der Waals surface area contributed by atoms with Crippen LogP contribution in [0.1, 0.15) is 20.4 Å². The number of thioether (sulfide) groups is 1. The zero-order valence-corrected chi connectivity index (χ0v) is 13.0. The molecule has 0 bridgehead atoms. The molecule has 0 fully saturated rings. The van der Waals surface area contributed by atoms with Crippen LogP contribution in [0.25, 0.3) is 0 Å². The lowest BCUT2D eigenvalue weighted by molar-refractivity contribution is 0.0697. The molecule has 7 heteroatoms. The predicted molar refractivity (Wildman–Crippen MR) is 80.8 cm³/mol. The highest BCUT2D eigenvalue weighted by Crippen LogP contribution is 2.31. The molecular weight excluding hydrogens is 318 g/mol. The highest BCUT2D eigenvalue weighted by atomic mass is 35.5. The van der Waals surface area contributed by atoms with Crippen molar-refractivity contribution in [2.24, 2.45) is 0 Å². The van der Waals surface area contributed by atoms with Crippen LogP contribution in [0.2, 0.25) is 5.02 Å². The fourth-order valence-corrected chi connectivity index (χ4v) is 3.70. The Morgan fingerprint density at radius 3 is 2.90 bits per heavy atom. The van der Waals surface area contributed by atoms with Gasteiger partial charge in [0.25, 0.3) is 0 Å². The van der Waals surface area contributed by atoms with Crippen LogP contribution in [0.4, 0.5) is 0 Å². The fraction of sp³-hybridized carbons (Fsp3) is 0.231. The molecule has 1 heterocycles. The number of aromatic nitrogens is 1. The SMILES string of the molecule is COCc1nc(CSc2ccccc2Cl)sc1C(=O)O. The summed E-state index contributed by atoms with van der Waals surface area (Å²) >= 11 is 8.79. The number of halogens is 1. The summed E-state index contributed by atoms with van der Waals surface area (Å²) in [6.07, 6.45) is 0. The summed E-state index contributed by atoms with van der Waals surface area (Å²) in [6, 6.07) is 7.53. The van der Waals surface area contributed by atoms with Crippen LogP contribution in [0.15, 0.2) is 29.2 Å². The number of thiazole rings is 1. The van der Waals surface area contributed by atoms with Crippen LogP contribution in [0.3, 0.4) is 0 Å². The third-order valence-electron chi connectivity index (χ3n) is 2.40. The summed E-state index contributed by atoms with van der Waals surface area (Å²) in [6.45, 7) is 0.203. The third-order valence-corrected chi connectivity index (χ3v) is 5.20. The van der Waals surface area contributed by atoms with E-state index in [0.29, 0.717) is 16.5 Å². The minimum atomic E-state index is -0.969. The number of hydrogen-bond acceptors (Lipinski definition) is 5. The van der Waals surface area contributed by atoms with E-state index in [1.165, 1.54) is 30.2 Å². The van der Waals surface area contributed by atoms with Crippen LogP contribution in [-0.4, -0.2) is 23.2 Å². The Hall–Kier alpha value is -1.08. The zero-order chi connectivity index (χ0) is 14.5.